The number of carbonyl (C=O) groups excluding carboxylic acids is 1. The summed E-state index contributed by atoms with van der Waals surface area (Å²) >= 11 is 0. The first-order chi connectivity index (χ1) is 15.6. The number of fused-ring (bicyclic) bond motifs is 2. The van der Waals surface area contributed by atoms with Gasteiger partial charge in [-0.05, 0) is 36.8 Å². The van der Waals surface area contributed by atoms with Crippen LogP contribution in [0.15, 0.2) is 83.7 Å². The number of aromatic nitrogens is 4. The third kappa shape index (κ3) is 3.54. The van der Waals surface area contributed by atoms with Crippen molar-refractivity contribution in [2.24, 2.45) is 0 Å². The molecule has 0 aliphatic heterocycles. The van der Waals surface area contributed by atoms with Gasteiger partial charge in [0.15, 0.2) is 11.3 Å². The van der Waals surface area contributed by atoms with Gasteiger partial charge in [-0.1, -0.05) is 54.6 Å². The number of aryl methyl sites for hydroxylation is 1. The molecule has 1 unspecified atom stereocenters. The lowest BCUT2D eigenvalue weighted by Crippen LogP contribution is -2.33. The summed E-state index contributed by atoms with van der Waals surface area (Å²) in [7, 11) is 0. The minimum Gasteiger partial charge on any atom is -0.340 e. The fourth-order valence-corrected chi connectivity index (χ4v) is 4.03. The number of aromatic amines is 1. The van der Waals surface area contributed by atoms with Crippen molar-refractivity contribution >= 4 is 27.7 Å². The number of hydrogen-bond acceptors (Lipinski definition) is 4. The summed E-state index contributed by atoms with van der Waals surface area (Å²) in [5.41, 5.74) is 2.29. The van der Waals surface area contributed by atoms with E-state index in [2.05, 4.69) is 20.5 Å². The highest BCUT2D eigenvalue weighted by atomic mass is 16.2. The second-order valence-electron chi connectivity index (χ2n) is 7.64. The van der Waals surface area contributed by atoms with E-state index in [4.69, 9.17) is 0 Å². The van der Waals surface area contributed by atoms with E-state index in [9.17, 15) is 9.59 Å². The molecule has 0 aliphatic rings. The Kier molecular flexibility index (Phi) is 4.99. The van der Waals surface area contributed by atoms with Crippen LogP contribution in [0.5, 0.6) is 0 Å². The number of hydrogen-bond donors (Lipinski definition) is 2. The maximum absolute atomic E-state index is 13.3. The van der Waals surface area contributed by atoms with Gasteiger partial charge < -0.3 is 9.88 Å². The van der Waals surface area contributed by atoms with Crippen LogP contribution in [0.4, 0.5) is 0 Å². The van der Waals surface area contributed by atoms with E-state index in [0.717, 1.165) is 16.6 Å². The van der Waals surface area contributed by atoms with Crippen molar-refractivity contribution in [2.75, 3.05) is 0 Å². The van der Waals surface area contributed by atoms with Crippen LogP contribution < -0.4 is 10.7 Å². The molecule has 2 N–H and O–H groups in total. The van der Waals surface area contributed by atoms with E-state index in [1.54, 1.807) is 12.1 Å². The van der Waals surface area contributed by atoms with Crippen molar-refractivity contribution < 1.29 is 4.79 Å². The molecule has 0 fully saturated rings. The SMILES string of the molecule is Cc1nc(C(NC(=O)Cn2c3ccccc3c(=O)c3ccccc32)c2ccccc2)n[nH]1. The molecule has 2 aromatic heterocycles. The summed E-state index contributed by atoms with van der Waals surface area (Å²) in [5, 5.41) is 11.4. The third-order valence-electron chi connectivity index (χ3n) is 5.49. The second kappa shape index (κ2) is 8.11. The Morgan fingerprint density at radius 3 is 2.12 bits per heavy atom. The quantitative estimate of drug-likeness (QED) is 0.423. The van der Waals surface area contributed by atoms with E-state index >= 15 is 0 Å². The van der Waals surface area contributed by atoms with Gasteiger partial charge >= 0.3 is 0 Å². The van der Waals surface area contributed by atoms with Crippen LogP contribution in [0, 0.1) is 6.92 Å². The molecule has 7 nitrogen and oxygen atoms in total. The molecule has 0 saturated heterocycles. The number of amides is 1. The van der Waals surface area contributed by atoms with Gasteiger partial charge in [0.05, 0.1) is 11.0 Å². The van der Waals surface area contributed by atoms with Crippen LogP contribution in [0.2, 0.25) is 0 Å². The van der Waals surface area contributed by atoms with Gasteiger partial charge in [-0.3, -0.25) is 14.7 Å². The number of carbonyl (C=O) groups is 1. The van der Waals surface area contributed by atoms with Gasteiger partial charge in [-0.15, -0.1) is 0 Å². The summed E-state index contributed by atoms with van der Waals surface area (Å²) in [6.45, 7) is 1.87. The van der Waals surface area contributed by atoms with Crippen LogP contribution >= 0.6 is 0 Å². The molecule has 5 aromatic rings. The Hall–Kier alpha value is -4.26. The van der Waals surface area contributed by atoms with Crippen molar-refractivity contribution in [1.29, 1.82) is 0 Å². The van der Waals surface area contributed by atoms with E-state index in [1.165, 1.54) is 0 Å². The lowest BCUT2D eigenvalue weighted by molar-refractivity contribution is -0.122. The largest absolute Gasteiger partial charge is 0.340 e. The smallest absolute Gasteiger partial charge is 0.240 e. The first kappa shape index (κ1) is 19.7. The number of H-pyrrole nitrogens is 1. The summed E-state index contributed by atoms with van der Waals surface area (Å²) in [6, 6.07) is 23.8. The molecule has 0 radical (unpaired) electrons. The predicted octanol–water partition coefficient (Wildman–Crippen LogP) is 3.49. The standard InChI is InChI=1S/C25H21N5O2/c1-16-26-25(29-28-16)23(17-9-3-2-4-10-17)27-22(31)15-30-20-13-7-5-11-18(20)24(32)19-12-6-8-14-21(19)30/h2-14,23H,15H2,1H3,(H,27,31)(H,26,28,29). The molecule has 2 heterocycles. The van der Waals surface area contributed by atoms with Crippen molar-refractivity contribution in [3.8, 4) is 0 Å². The molecule has 7 heteroatoms. The molecule has 0 spiro atoms. The number of pyridine rings is 1. The molecular formula is C25H21N5O2. The zero-order chi connectivity index (χ0) is 22.1. The molecular weight excluding hydrogens is 402 g/mol. The van der Waals surface area contributed by atoms with E-state index in [-0.39, 0.29) is 17.9 Å². The maximum Gasteiger partial charge on any atom is 0.240 e. The van der Waals surface area contributed by atoms with Crippen molar-refractivity contribution in [3.63, 3.8) is 0 Å². The molecule has 32 heavy (non-hydrogen) atoms. The van der Waals surface area contributed by atoms with Gasteiger partial charge in [-0.2, -0.15) is 5.10 Å². The van der Waals surface area contributed by atoms with Crippen LogP contribution in [0.25, 0.3) is 21.8 Å². The number of nitrogens with zero attached hydrogens (tertiary/aromatic N) is 3. The fraction of sp³-hybridized carbons (Fsp3) is 0.120. The Morgan fingerprint density at radius 2 is 1.53 bits per heavy atom. The molecule has 3 aromatic carbocycles. The first-order valence-electron chi connectivity index (χ1n) is 10.4. The topological polar surface area (TPSA) is 92.7 Å². The minimum atomic E-state index is -0.495. The lowest BCUT2D eigenvalue weighted by atomic mass is 10.1. The summed E-state index contributed by atoms with van der Waals surface area (Å²) in [5.74, 6) is 0.963. The molecule has 0 bridgehead atoms. The van der Waals surface area contributed by atoms with Gasteiger partial charge in [-0.25, -0.2) is 4.98 Å². The zero-order valence-corrected chi connectivity index (χ0v) is 17.4. The Bertz CT molecular complexity index is 1430. The number of para-hydroxylation sites is 2. The van der Waals surface area contributed by atoms with E-state index in [0.29, 0.717) is 22.4 Å². The number of nitrogens with one attached hydrogen (secondary N) is 2. The van der Waals surface area contributed by atoms with E-state index < -0.39 is 6.04 Å². The van der Waals surface area contributed by atoms with Crippen molar-refractivity contribution in [3.05, 3.63) is 106 Å². The summed E-state index contributed by atoms with van der Waals surface area (Å²) < 4.78 is 1.88. The second-order valence-corrected chi connectivity index (χ2v) is 7.64. The number of benzene rings is 3. The van der Waals surface area contributed by atoms with E-state index in [1.807, 2.05) is 78.2 Å². The summed E-state index contributed by atoms with van der Waals surface area (Å²) in [6.07, 6.45) is 0. The number of rotatable bonds is 5. The average molecular weight is 423 g/mol. The van der Waals surface area contributed by atoms with Crippen molar-refractivity contribution in [1.82, 2.24) is 25.1 Å². The highest BCUT2D eigenvalue weighted by molar-refractivity contribution is 5.94. The average Bonchev–Trinajstić information content (AvgIpc) is 3.26. The molecule has 158 valence electrons. The molecule has 1 atom stereocenters. The maximum atomic E-state index is 13.3. The van der Waals surface area contributed by atoms with Crippen LogP contribution in [-0.4, -0.2) is 25.7 Å². The van der Waals surface area contributed by atoms with Crippen molar-refractivity contribution in [2.45, 2.75) is 19.5 Å². The summed E-state index contributed by atoms with van der Waals surface area (Å²) in [4.78, 5) is 30.6. The Morgan fingerprint density at radius 1 is 0.938 bits per heavy atom. The minimum absolute atomic E-state index is 0.0359. The lowest BCUT2D eigenvalue weighted by Gasteiger charge is -2.19. The normalized spacial score (nSPS) is 12.2. The Balaban J connectivity index is 1.55. The van der Waals surface area contributed by atoms with Gasteiger partial charge in [0.1, 0.15) is 18.4 Å². The molecule has 1 amide bonds. The van der Waals surface area contributed by atoms with Crippen LogP contribution in [0.3, 0.4) is 0 Å². The van der Waals surface area contributed by atoms with Gasteiger partial charge in [0.2, 0.25) is 5.91 Å². The Labute approximate surface area is 183 Å². The third-order valence-corrected chi connectivity index (χ3v) is 5.49. The molecule has 5 rings (SSSR count). The van der Waals surface area contributed by atoms with Crippen LogP contribution in [0.1, 0.15) is 23.3 Å². The molecule has 0 aliphatic carbocycles. The fourth-order valence-electron chi connectivity index (χ4n) is 4.03. The zero-order valence-electron chi connectivity index (χ0n) is 17.4. The van der Waals surface area contributed by atoms with Gasteiger partial charge in [0, 0.05) is 10.8 Å². The highest BCUT2D eigenvalue weighted by Gasteiger charge is 2.22. The highest BCUT2D eigenvalue weighted by Crippen LogP contribution is 2.21. The molecule has 0 saturated carbocycles. The first-order valence-corrected chi connectivity index (χ1v) is 10.4. The van der Waals surface area contributed by atoms with Gasteiger partial charge in [0.25, 0.3) is 0 Å². The predicted molar refractivity (Wildman–Crippen MR) is 123 cm³/mol. The monoisotopic (exact) mass is 423 g/mol. The van der Waals surface area contributed by atoms with Crippen LogP contribution in [-0.2, 0) is 11.3 Å².